The van der Waals surface area contributed by atoms with Crippen LogP contribution in [0.2, 0.25) is 0 Å². The first kappa shape index (κ1) is 25.0. The molecule has 0 aliphatic heterocycles. The zero-order valence-electron chi connectivity index (χ0n) is 19.2. The van der Waals surface area contributed by atoms with Crippen LogP contribution in [-0.4, -0.2) is 31.1 Å². The molecular weight excluding hydrogens is 408 g/mol. The number of aryl methyl sites for hydroxylation is 1. The van der Waals surface area contributed by atoms with Crippen molar-refractivity contribution in [2.45, 2.75) is 46.1 Å². The molecule has 0 aliphatic rings. The molecule has 2 aromatic rings. The Kier molecular flexibility index (Phi) is 9.32. The topological polar surface area (TPSA) is 37.2 Å². The van der Waals surface area contributed by atoms with Gasteiger partial charge in [0.25, 0.3) is 6.43 Å². The first-order valence-electron chi connectivity index (χ1n) is 10.5. The summed E-state index contributed by atoms with van der Waals surface area (Å²) < 4.78 is 30.7. The maximum Gasteiger partial charge on any atom is 0.294 e. The molecule has 0 aromatic heterocycles. The summed E-state index contributed by atoms with van der Waals surface area (Å²) in [4.78, 5) is 3.97. The van der Waals surface area contributed by atoms with E-state index >= 15 is 0 Å². The van der Waals surface area contributed by atoms with E-state index in [1.54, 1.807) is 12.1 Å². The second-order valence-electron chi connectivity index (χ2n) is 7.53. The minimum atomic E-state index is -2.77. The van der Waals surface area contributed by atoms with Gasteiger partial charge < -0.3 is 4.74 Å². The Morgan fingerprint density at radius 3 is 2.38 bits per heavy atom. The van der Waals surface area contributed by atoms with Gasteiger partial charge in [0, 0.05) is 25.5 Å². The number of allylic oxidation sites excluding steroid dienone is 2. The van der Waals surface area contributed by atoms with Crippen LogP contribution < -0.4 is 0 Å². The summed E-state index contributed by atoms with van der Waals surface area (Å²) in [6.07, 6.45) is 1.05. The van der Waals surface area contributed by atoms with Gasteiger partial charge in [-0.1, -0.05) is 61.9 Å². The van der Waals surface area contributed by atoms with Gasteiger partial charge in [0.05, 0.1) is 6.04 Å². The lowest BCUT2D eigenvalue weighted by molar-refractivity contribution is 0.135. The maximum atomic E-state index is 12.8. The van der Waals surface area contributed by atoms with Crippen LogP contribution in [0.5, 0.6) is 0 Å². The van der Waals surface area contributed by atoms with Crippen LogP contribution in [0.25, 0.3) is 5.57 Å². The molecule has 0 fully saturated rings. The Morgan fingerprint density at radius 2 is 1.84 bits per heavy atom. The zero-order chi connectivity index (χ0) is 23.7. The van der Waals surface area contributed by atoms with Crippen molar-refractivity contribution in [2.75, 3.05) is 7.05 Å². The molecule has 6 heteroatoms. The van der Waals surface area contributed by atoms with Crippen molar-refractivity contribution in [3.63, 3.8) is 0 Å². The molecule has 32 heavy (non-hydrogen) atoms. The van der Waals surface area contributed by atoms with E-state index in [0.717, 1.165) is 29.5 Å². The predicted molar refractivity (Wildman–Crippen MR) is 129 cm³/mol. The van der Waals surface area contributed by atoms with Crippen molar-refractivity contribution in [1.82, 2.24) is 5.01 Å². The highest BCUT2D eigenvalue weighted by molar-refractivity contribution is 5.94. The minimum Gasteiger partial charge on any atom is -0.438 e. The monoisotopic (exact) mass is 439 g/mol. The standard InChI is InChI=1S/C26H31F2N3O/c1-7-9-24(31(30-6)17-19(3)23-11-8-10-18(2)16-23)21-12-14-22(15-13-21)26(29-5)32-20(4)25(27)28/h8,10-17,24-25H,4,6-7,9H2,1-3,5H3/b19-17+,29-26?. The molecule has 2 rings (SSSR count). The van der Waals surface area contributed by atoms with Crippen LogP contribution in [0.3, 0.4) is 0 Å². The summed E-state index contributed by atoms with van der Waals surface area (Å²) in [5, 5.41) is 6.14. The molecule has 0 amide bonds. The molecule has 1 atom stereocenters. The second-order valence-corrected chi connectivity index (χ2v) is 7.53. The van der Waals surface area contributed by atoms with Crippen molar-refractivity contribution >= 4 is 18.2 Å². The maximum absolute atomic E-state index is 12.8. The molecule has 1 unspecified atom stereocenters. The van der Waals surface area contributed by atoms with Crippen LogP contribution in [0.1, 0.15) is 55.0 Å². The Balaban J connectivity index is 2.31. The van der Waals surface area contributed by atoms with E-state index in [2.05, 4.69) is 62.4 Å². The highest BCUT2D eigenvalue weighted by Crippen LogP contribution is 2.29. The number of ether oxygens (including phenoxy) is 1. The number of alkyl halides is 2. The van der Waals surface area contributed by atoms with Crippen molar-refractivity contribution in [3.8, 4) is 0 Å². The Hall–Kier alpha value is -3.28. The van der Waals surface area contributed by atoms with Crippen LogP contribution >= 0.6 is 0 Å². The average molecular weight is 440 g/mol. The first-order chi connectivity index (χ1) is 15.3. The molecule has 0 spiro atoms. The summed E-state index contributed by atoms with van der Waals surface area (Å²) in [6, 6.07) is 15.8. The molecule has 2 aromatic carbocycles. The van der Waals surface area contributed by atoms with Crippen LogP contribution in [0.15, 0.2) is 77.2 Å². The number of hydrogen-bond acceptors (Lipinski definition) is 4. The fourth-order valence-electron chi connectivity index (χ4n) is 3.37. The summed E-state index contributed by atoms with van der Waals surface area (Å²) in [5.41, 5.74) is 5.03. The Morgan fingerprint density at radius 1 is 1.16 bits per heavy atom. The van der Waals surface area contributed by atoms with Gasteiger partial charge in [0.2, 0.25) is 5.90 Å². The van der Waals surface area contributed by atoms with Gasteiger partial charge in [0.15, 0.2) is 5.76 Å². The molecule has 170 valence electrons. The van der Waals surface area contributed by atoms with Gasteiger partial charge in [-0.2, -0.15) is 5.10 Å². The summed E-state index contributed by atoms with van der Waals surface area (Å²) in [5.74, 6) is -0.528. The largest absolute Gasteiger partial charge is 0.438 e. The third-order valence-corrected chi connectivity index (χ3v) is 5.06. The second kappa shape index (κ2) is 11.9. The highest BCUT2D eigenvalue weighted by atomic mass is 19.3. The third kappa shape index (κ3) is 6.61. The minimum absolute atomic E-state index is 0.0229. The Labute approximate surface area is 189 Å². The van der Waals surface area contributed by atoms with Gasteiger partial charge in [-0.05, 0) is 49.1 Å². The number of benzene rings is 2. The average Bonchev–Trinajstić information content (AvgIpc) is 2.79. The summed E-state index contributed by atoms with van der Waals surface area (Å²) in [6.45, 7) is 13.3. The molecule has 0 saturated heterocycles. The van der Waals surface area contributed by atoms with Gasteiger partial charge in [0.1, 0.15) is 0 Å². The van der Waals surface area contributed by atoms with E-state index in [-0.39, 0.29) is 11.9 Å². The van der Waals surface area contributed by atoms with Crippen molar-refractivity contribution in [1.29, 1.82) is 0 Å². The molecule has 0 N–H and O–H groups in total. The van der Waals surface area contributed by atoms with Crippen LogP contribution in [0, 0.1) is 6.92 Å². The summed E-state index contributed by atoms with van der Waals surface area (Å²) in [7, 11) is 1.49. The number of rotatable bonds is 10. The van der Waals surface area contributed by atoms with E-state index in [9.17, 15) is 8.78 Å². The zero-order valence-corrected chi connectivity index (χ0v) is 19.2. The predicted octanol–water partition coefficient (Wildman–Crippen LogP) is 6.99. The number of hydrogen-bond donors (Lipinski definition) is 0. The normalized spacial score (nSPS) is 13.1. The number of hydrazone groups is 1. The molecule has 4 nitrogen and oxygen atoms in total. The molecule has 0 radical (unpaired) electrons. The fourth-order valence-corrected chi connectivity index (χ4v) is 3.37. The Bertz CT molecular complexity index is 981. The summed E-state index contributed by atoms with van der Waals surface area (Å²) >= 11 is 0. The van der Waals surface area contributed by atoms with Crippen molar-refractivity contribution < 1.29 is 13.5 Å². The van der Waals surface area contributed by atoms with Crippen LogP contribution in [0.4, 0.5) is 8.78 Å². The van der Waals surface area contributed by atoms with Gasteiger partial charge in [-0.25, -0.2) is 8.78 Å². The smallest absolute Gasteiger partial charge is 0.294 e. The molecule has 0 aliphatic carbocycles. The molecule has 0 bridgehead atoms. The van der Waals surface area contributed by atoms with Gasteiger partial charge in [-0.15, -0.1) is 0 Å². The van der Waals surface area contributed by atoms with E-state index in [1.807, 2.05) is 29.4 Å². The van der Waals surface area contributed by atoms with Crippen molar-refractivity contribution in [2.24, 2.45) is 10.1 Å². The first-order valence-corrected chi connectivity index (χ1v) is 10.5. The molecular formula is C26H31F2N3O. The van der Waals surface area contributed by atoms with E-state index in [0.29, 0.717) is 5.56 Å². The van der Waals surface area contributed by atoms with E-state index in [4.69, 9.17) is 4.74 Å². The van der Waals surface area contributed by atoms with Gasteiger partial charge >= 0.3 is 0 Å². The SMILES string of the molecule is C=NN(/C=C(\C)c1cccc(C)c1)C(CCC)c1ccc(C(=NC)OC(=C)C(F)F)cc1. The van der Waals surface area contributed by atoms with Crippen molar-refractivity contribution in [3.05, 3.63) is 89.3 Å². The lowest BCUT2D eigenvalue weighted by Gasteiger charge is -2.27. The lowest BCUT2D eigenvalue weighted by atomic mass is 9.99. The van der Waals surface area contributed by atoms with E-state index in [1.165, 1.54) is 12.6 Å². The number of aliphatic imine (C=N–C) groups is 1. The van der Waals surface area contributed by atoms with E-state index < -0.39 is 12.2 Å². The number of nitrogens with zero attached hydrogens (tertiary/aromatic N) is 3. The fraction of sp³-hybridized carbons (Fsp3) is 0.308. The quantitative estimate of drug-likeness (QED) is 0.173. The molecule has 0 saturated carbocycles. The van der Waals surface area contributed by atoms with Gasteiger partial charge in [-0.3, -0.25) is 10.0 Å². The highest BCUT2D eigenvalue weighted by Gasteiger charge is 2.19. The number of halogens is 2. The van der Waals surface area contributed by atoms with Crippen LogP contribution in [-0.2, 0) is 4.74 Å². The third-order valence-electron chi connectivity index (χ3n) is 5.06. The lowest BCUT2D eigenvalue weighted by Crippen LogP contribution is -2.19. The molecule has 0 heterocycles.